The Morgan fingerprint density at radius 2 is 1.82 bits per heavy atom. The second kappa shape index (κ2) is 12.3. The van der Waals surface area contributed by atoms with Gasteiger partial charge in [-0.15, -0.1) is 0 Å². The number of likely N-dealkylation sites (N-methyl/N-ethyl adjacent to an activating group) is 1. The lowest BCUT2D eigenvalue weighted by Crippen LogP contribution is -2.46. The average Bonchev–Trinajstić information content (AvgIpc) is 2.40. The minimum Gasteiger partial charge on any atom is -0.385 e. The number of hydrogen-bond donors (Lipinski definition) is 1. The van der Waals surface area contributed by atoms with Gasteiger partial charge in [0.25, 0.3) is 0 Å². The predicted molar refractivity (Wildman–Crippen MR) is 74.6 cm³/mol. The van der Waals surface area contributed by atoms with Gasteiger partial charge in [-0.05, 0) is 13.5 Å². The Bertz CT molecular complexity index is 150. The molecule has 4 nitrogen and oxygen atoms in total. The molecule has 17 heavy (non-hydrogen) atoms. The van der Waals surface area contributed by atoms with Crippen molar-refractivity contribution < 1.29 is 4.74 Å². The van der Waals surface area contributed by atoms with Gasteiger partial charge in [-0.25, -0.2) is 0 Å². The summed E-state index contributed by atoms with van der Waals surface area (Å²) in [5.74, 6) is 0. The van der Waals surface area contributed by atoms with Crippen molar-refractivity contribution in [3.05, 3.63) is 0 Å². The summed E-state index contributed by atoms with van der Waals surface area (Å²) in [4.78, 5) is 4.92. The summed E-state index contributed by atoms with van der Waals surface area (Å²) in [5.41, 5.74) is 0. The monoisotopic (exact) mass is 245 g/mol. The van der Waals surface area contributed by atoms with E-state index in [0.717, 1.165) is 32.7 Å². The molecule has 1 heterocycles. The molecule has 1 saturated heterocycles. The maximum Gasteiger partial charge on any atom is 0.0474 e. The minimum atomic E-state index is 0.873. The van der Waals surface area contributed by atoms with E-state index in [0.29, 0.717) is 0 Å². The van der Waals surface area contributed by atoms with Gasteiger partial charge in [0.1, 0.15) is 0 Å². The van der Waals surface area contributed by atoms with Crippen LogP contribution in [0.2, 0.25) is 0 Å². The highest BCUT2D eigenvalue weighted by atomic mass is 16.5. The molecular formula is C13H31N3O. The van der Waals surface area contributed by atoms with Crippen LogP contribution in [-0.2, 0) is 4.74 Å². The summed E-state index contributed by atoms with van der Waals surface area (Å²) in [6.45, 7) is 13.1. The van der Waals surface area contributed by atoms with E-state index in [4.69, 9.17) is 4.74 Å². The van der Waals surface area contributed by atoms with Gasteiger partial charge < -0.3 is 15.0 Å². The SMILES string of the molecule is CC.COCCCN(C)CCN1CCNCC1. The molecule has 0 aromatic heterocycles. The van der Waals surface area contributed by atoms with Crippen LogP contribution < -0.4 is 5.32 Å². The number of methoxy groups -OCH3 is 1. The van der Waals surface area contributed by atoms with Crippen LogP contribution in [0, 0.1) is 0 Å². The molecule has 4 heteroatoms. The topological polar surface area (TPSA) is 27.7 Å². The van der Waals surface area contributed by atoms with E-state index in [9.17, 15) is 0 Å². The summed E-state index contributed by atoms with van der Waals surface area (Å²) < 4.78 is 5.04. The summed E-state index contributed by atoms with van der Waals surface area (Å²) in [5, 5.41) is 3.37. The number of nitrogens with zero attached hydrogens (tertiary/aromatic N) is 2. The van der Waals surface area contributed by atoms with E-state index in [-0.39, 0.29) is 0 Å². The van der Waals surface area contributed by atoms with Crippen LogP contribution in [0.3, 0.4) is 0 Å². The molecule has 0 spiro atoms. The summed E-state index contributed by atoms with van der Waals surface area (Å²) >= 11 is 0. The zero-order chi connectivity index (χ0) is 12.9. The standard InChI is InChI=1S/C11H25N3O.C2H6/c1-13(6-3-11-15-2)9-10-14-7-4-12-5-8-14;1-2/h12H,3-11H2,1-2H3;1-2H3. The minimum absolute atomic E-state index is 0.873. The highest BCUT2D eigenvalue weighted by molar-refractivity contribution is 4.68. The lowest BCUT2D eigenvalue weighted by Gasteiger charge is -2.29. The fourth-order valence-electron chi connectivity index (χ4n) is 1.84. The number of hydrogen-bond acceptors (Lipinski definition) is 4. The van der Waals surface area contributed by atoms with E-state index in [2.05, 4.69) is 22.2 Å². The molecule has 1 N–H and O–H groups in total. The lowest BCUT2D eigenvalue weighted by molar-refractivity contribution is 0.168. The van der Waals surface area contributed by atoms with Crippen molar-refractivity contribution in [3.63, 3.8) is 0 Å². The molecule has 1 aliphatic rings. The van der Waals surface area contributed by atoms with Gasteiger partial charge in [-0.2, -0.15) is 0 Å². The highest BCUT2D eigenvalue weighted by Crippen LogP contribution is 1.94. The molecule has 104 valence electrons. The fraction of sp³-hybridized carbons (Fsp3) is 1.00. The Morgan fingerprint density at radius 1 is 1.18 bits per heavy atom. The fourth-order valence-corrected chi connectivity index (χ4v) is 1.84. The van der Waals surface area contributed by atoms with Crippen molar-refractivity contribution in [2.24, 2.45) is 0 Å². The summed E-state index contributed by atoms with van der Waals surface area (Å²) in [6, 6.07) is 0. The van der Waals surface area contributed by atoms with E-state index < -0.39 is 0 Å². The van der Waals surface area contributed by atoms with Crippen molar-refractivity contribution in [1.29, 1.82) is 0 Å². The number of rotatable bonds is 7. The number of piperazine rings is 1. The van der Waals surface area contributed by atoms with Crippen LogP contribution in [0.4, 0.5) is 0 Å². The average molecular weight is 245 g/mol. The van der Waals surface area contributed by atoms with Gasteiger partial charge >= 0.3 is 0 Å². The Hall–Kier alpha value is -0.160. The molecule has 1 fully saturated rings. The molecule has 0 aromatic carbocycles. The van der Waals surface area contributed by atoms with Gasteiger partial charge in [-0.3, -0.25) is 4.90 Å². The van der Waals surface area contributed by atoms with Gasteiger partial charge in [0.15, 0.2) is 0 Å². The summed E-state index contributed by atoms with van der Waals surface area (Å²) in [6.07, 6.45) is 1.13. The quantitative estimate of drug-likeness (QED) is 0.674. The Labute approximate surface area is 107 Å². The molecule has 0 aromatic rings. The van der Waals surface area contributed by atoms with Crippen molar-refractivity contribution in [3.8, 4) is 0 Å². The van der Waals surface area contributed by atoms with E-state index in [1.807, 2.05) is 13.8 Å². The van der Waals surface area contributed by atoms with Gasteiger partial charge in [-0.1, -0.05) is 13.8 Å². The highest BCUT2D eigenvalue weighted by Gasteiger charge is 2.09. The molecule has 0 radical (unpaired) electrons. The zero-order valence-electron chi connectivity index (χ0n) is 12.2. The number of nitrogens with one attached hydrogen (secondary N) is 1. The molecule has 0 bridgehead atoms. The molecule has 0 aliphatic carbocycles. The van der Waals surface area contributed by atoms with Gasteiger partial charge in [0, 0.05) is 59.5 Å². The molecule has 0 unspecified atom stereocenters. The van der Waals surface area contributed by atoms with E-state index in [1.165, 1.54) is 26.2 Å². The maximum absolute atomic E-state index is 5.04. The first kappa shape index (κ1) is 16.8. The normalized spacial score (nSPS) is 16.8. The van der Waals surface area contributed by atoms with Crippen LogP contribution in [-0.4, -0.2) is 76.4 Å². The third-order valence-electron chi connectivity index (χ3n) is 2.90. The second-order valence-corrected chi connectivity index (χ2v) is 4.24. The van der Waals surface area contributed by atoms with Gasteiger partial charge in [0.2, 0.25) is 0 Å². The first-order valence-electron chi connectivity index (χ1n) is 6.93. The third-order valence-corrected chi connectivity index (χ3v) is 2.90. The molecule has 0 amide bonds. The van der Waals surface area contributed by atoms with Crippen molar-refractivity contribution in [2.75, 3.05) is 66.6 Å². The van der Waals surface area contributed by atoms with Crippen molar-refractivity contribution in [2.45, 2.75) is 20.3 Å². The van der Waals surface area contributed by atoms with Crippen LogP contribution in [0.15, 0.2) is 0 Å². The Morgan fingerprint density at radius 3 is 2.41 bits per heavy atom. The van der Waals surface area contributed by atoms with Crippen molar-refractivity contribution >= 4 is 0 Å². The van der Waals surface area contributed by atoms with Crippen LogP contribution in [0.5, 0.6) is 0 Å². The van der Waals surface area contributed by atoms with Crippen LogP contribution in [0.25, 0.3) is 0 Å². The Kier molecular flexibility index (Phi) is 12.2. The van der Waals surface area contributed by atoms with Gasteiger partial charge in [0.05, 0.1) is 0 Å². The molecule has 0 saturated carbocycles. The number of ether oxygens (including phenoxy) is 1. The molecule has 0 atom stereocenters. The molecule has 1 aliphatic heterocycles. The molecular weight excluding hydrogens is 214 g/mol. The molecule has 1 rings (SSSR count). The predicted octanol–water partition coefficient (Wildman–Crippen LogP) is 0.886. The lowest BCUT2D eigenvalue weighted by atomic mass is 10.3. The zero-order valence-corrected chi connectivity index (χ0v) is 12.2. The smallest absolute Gasteiger partial charge is 0.0474 e. The second-order valence-electron chi connectivity index (χ2n) is 4.24. The van der Waals surface area contributed by atoms with Crippen molar-refractivity contribution in [1.82, 2.24) is 15.1 Å². The van der Waals surface area contributed by atoms with E-state index in [1.54, 1.807) is 7.11 Å². The first-order chi connectivity index (χ1) is 8.33. The summed E-state index contributed by atoms with van der Waals surface area (Å²) in [7, 11) is 3.96. The van der Waals surface area contributed by atoms with Crippen LogP contribution >= 0.6 is 0 Å². The third kappa shape index (κ3) is 9.53. The van der Waals surface area contributed by atoms with Crippen LogP contribution in [0.1, 0.15) is 20.3 Å². The van der Waals surface area contributed by atoms with E-state index >= 15 is 0 Å². The Balaban J connectivity index is 0.00000121. The first-order valence-corrected chi connectivity index (χ1v) is 6.93. The maximum atomic E-state index is 5.04. The largest absolute Gasteiger partial charge is 0.385 e.